The van der Waals surface area contributed by atoms with E-state index in [9.17, 15) is 4.39 Å². The fourth-order valence-corrected chi connectivity index (χ4v) is 2.38. The molecule has 1 heteroatoms. The molecule has 0 saturated carbocycles. The SMILES string of the molecule is CC1=CC(C)(F)C=C(CCc2ccc(C)cc2)C=C1. The van der Waals surface area contributed by atoms with Crippen LogP contribution in [0.15, 0.2) is 59.7 Å². The highest BCUT2D eigenvalue weighted by Crippen LogP contribution is 2.25. The van der Waals surface area contributed by atoms with Gasteiger partial charge < -0.3 is 0 Å². The number of hydrogen-bond donors (Lipinski definition) is 0. The van der Waals surface area contributed by atoms with E-state index in [1.807, 2.05) is 19.1 Å². The van der Waals surface area contributed by atoms with Crippen LogP contribution in [-0.2, 0) is 6.42 Å². The molecular formula is C18H21F. The van der Waals surface area contributed by atoms with Crippen LogP contribution in [0.5, 0.6) is 0 Å². The molecule has 0 aromatic heterocycles. The van der Waals surface area contributed by atoms with Crippen LogP contribution < -0.4 is 0 Å². The average molecular weight is 256 g/mol. The molecule has 0 saturated heterocycles. The maximum Gasteiger partial charge on any atom is 0.145 e. The number of benzene rings is 1. The van der Waals surface area contributed by atoms with Crippen molar-refractivity contribution in [2.75, 3.05) is 0 Å². The van der Waals surface area contributed by atoms with Gasteiger partial charge in [-0.25, -0.2) is 4.39 Å². The summed E-state index contributed by atoms with van der Waals surface area (Å²) in [7, 11) is 0. The summed E-state index contributed by atoms with van der Waals surface area (Å²) in [4.78, 5) is 0. The van der Waals surface area contributed by atoms with E-state index >= 15 is 0 Å². The third-order valence-electron chi connectivity index (χ3n) is 3.36. The standard InChI is InChI=1S/C18H21F/c1-14-4-7-16(8-5-14)10-11-17-9-6-15(2)12-18(3,19)13-17/h4-9,12-13H,10-11H2,1-3H3. The second-order valence-electron chi connectivity index (χ2n) is 5.58. The highest BCUT2D eigenvalue weighted by Gasteiger charge is 2.18. The fourth-order valence-electron chi connectivity index (χ4n) is 2.38. The average Bonchev–Trinajstić information content (AvgIpc) is 2.46. The zero-order valence-corrected chi connectivity index (χ0v) is 11.9. The summed E-state index contributed by atoms with van der Waals surface area (Å²) in [5.74, 6) is 0. The van der Waals surface area contributed by atoms with Gasteiger partial charge in [-0.15, -0.1) is 0 Å². The Hall–Kier alpha value is -1.63. The lowest BCUT2D eigenvalue weighted by Crippen LogP contribution is -2.10. The van der Waals surface area contributed by atoms with Crippen LogP contribution in [0, 0.1) is 6.92 Å². The van der Waals surface area contributed by atoms with Crippen LogP contribution in [0.4, 0.5) is 4.39 Å². The van der Waals surface area contributed by atoms with Crippen LogP contribution >= 0.6 is 0 Å². The van der Waals surface area contributed by atoms with Gasteiger partial charge in [-0.3, -0.25) is 0 Å². The molecule has 0 N–H and O–H groups in total. The smallest absolute Gasteiger partial charge is 0.145 e. The van der Waals surface area contributed by atoms with Crippen molar-refractivity contribution < 1.29 is 4.39 Å². The van der Waals surface area contributed by atoms with Crippen molar-refractivity contribution in [2.24, 2.45) is 0 Å². The van der Waals surface area contributed by atoms with Gasteiger partial charge in [0.1, 0.15) is 5.67 Å². The number of hydrogen-bond acceptors (Lipinski definition) is 0. The Morgan fingerprint density at radius 1 is 0.947 bits per heavy atom. The summed E-state index contributed by atoms with van der Waals surface area (Å²) in [5, 5.41) is 0. The molecule has 19 heavy (non-hydrogen) atoms. The molecular weight excluding hydrogens is 235 g/mol. The zero-order valence-electron chi connectivity index (χ0n) is 11.9. The molecule has 100 valence electrons. The van der Waals surface area contributed by atoms with E-state index in [1.165, 1.54) is 11.1 Å². The van der Waals surface area contributed by atoms with Crippen molar-refractivity contribution in [3.8, 4) is 0 Å². The summed E-state index contributed by atoms with van der Waals surface area (Å²) in [6.07, 6.45) is 9.25. The van der Waals surface area contributed by atoms with Crippen LogP contribution in [0.25, 0.3) is 0 Å². The van der Waals surface area contributed by atoms with Gasteiger partial charge in [0.05, 0.1) is 0 Å². The number of halogens is 1. The molecule has 1 aromatic carbocycles. The highest BCUT2D eigenvalue weighted by molar-refractivity contribution is 5.37. The zero-order chi connectivity index (χ0) is 13.9. The molecule has 0 aliphatic heterocycles. The minimum atomic E-state index is -1.34. The molecule has 0 fully saturated rings. The topological polar surface area (TPSA) is 0 Å². The molecule has 0 heterocycles. The van der Waals surface area contributed by atoms with E-state index in [1.54, 1.807) is 19.1 Å². The van der Waals surface area contributed by atoms with E-state index in [4.69, 9.17) is 0 Å². The third-order valence-corrected chi connectivity index (χ3v) is 3.36. The van der Waals surface area contributed by atoms with Gasteiger partial charge in [0, 0.05) is 0 Å². The first-order valence-corrected chi connectivity index (χ1v) is 6.78. The largest absolute Gasteiger partial charge is 0.235 e. The van der Waals surface area contributed by atoms with Crippen LogP contribution in [-0.4, -0.2) is 5.67 Å². The van der Waals surface area contributed by atoms with Crippen molar-refractivity contribution in [2.45, 2.75) is 39.3 Å². The van der Waals surface area contributed by atoms with Crippen molar-refractivity contribution in [1.82, 2.24) is 0 Å². The predicted molar refractivity (Wildman–Crippen MR) is 80.0 cm³/mol. The lowest BCUT2D eigenvalue weighted by molar-refractivity contribution is 0.326. The lowest BCUT2D eigenvalue weighted by atomic mass is 9.99. The molecule has 0 bridgehead atoms. The van der Waals surface area contributed by atoms with Crippen molar-refractivity contribution in [3.05, 3.63) is 70.8 Å². The van der Waals surface area contributed by atoms with Crippen LogP contribution in [0.2, 0.25) is 0 Å². The van der Waals surface area contributed by atoms with Gasteiger partial charge in [0.15, 0.2) is 0 Å². The van der Waals surface area contributed by atoms with E-state index < -0.39 is 5.67 Å². The Balaban J connectivity index is 2.05. The minimum Gasteiger partial charge on any atom is -0.235 e. The number of alkyl halides is 1. The van der Waals surface area contributed by atoms with Crippen molar-refractivity contribution in [3.63, 3.8) is 0 Å². The highest BCUT2D eigenvalue weighted by atomic mass is 19.1. The molecule has 1 aromatic rings. The lowest BCUT2D eigenvalue weighted by Gasteiger charge is -2.12. The summed E-state index contributed by atoms with van der Waals surface area (Å²) < 4.78 is 14.2. The fraction of sp³-hybridized carbons (Fsp3) is 0.333. The first-order chi connectivity index (χ1) is 8.94. The van der Waals surface area contributed by atoms with Crippen molar-refractivity contribution in [1.29, 1.82) is 0 Å². The number of allylic oxidation sites excluding steroid dienone is 6. The maximum absolute atomic E-state index is 14.2. The van der Waals surface area contributed by atoms with Gasteiger partial charge in [-0.1, -0.05) is 47.6 Å². The Morgan fingerprint density at radius 3 is 2.32 bits per heavy atom. The minimum absolute atomic E-state index is 0.875. The second-order valence-corrected chi connectivity index (χ2v) is 5.58. The quantitative estimate of drug-likeness (QED) is 0.706. The van der Waals surface area contributed by atoms with E-state index in [0.29, 0.717) is 0 Å². The van der Waals surface area contributed by atoms with Gasteiger partial charge in [0.25, 0.3) is 0 Å². The van der Waals surface area contributed by atoms with Crippen molar-refractivity contribution >= 4 is 0 Å². The summed E-state index contributed by atoms with van der Waals surface area (Å²) in [5.41, 5.74) is 3.28. The van der Waals surface area contributed by atoms with Gasteiger partial charge in [-0.05, 0) is 56.9 Å². The molecule has 0 radical (unpaired) electrons. The Bertz CT molecular complexity index is 527. The third kappa shape index (κ3) is 4.20. The second kappa shape index (κ2) is 5.56. The molecule has 1 aliphatic rings. The summed E-state index contributed by atoms with van der Waals surface area (Å²) >= 11 is 0. The molecule has 0 amide bonds. The van der Waals surface area contributed by atoms with Crippen LogP contribution in [0.3, 0.4) is 0 Å². The normalized spacial score (nSPS) is 22.7. The molecule has 0 spiro atoms. The van der Waals surface area contributed by atoms with Crippen LogP contribution in [0.1, 0.15) is 31.4 Å². The van der Waals surface area contributed by atoms with E-state index in [0.717, 1.165) is 24.0 Å². The molecule has 1 unspecified atom stereocenters. The Morgan fingerprint density at radius 2 is 1.63 bits per heavy atom. The predicted octanol–water partition coefficient (Wildman–Crippen LogP) is 5.10. The number of aryl methyl sites for hydroxylation is 2. The molecule has 2 rings (SSSR count). The maximum atomic E-state index is 14.2. The first kappa shape index (κ1) is 13.8. The van der Waals surface area contributed by atoms with E-state index in [2.05, 4.69) is 31.2 Å². The first-order valence-electron chi connectivity index (χ1n) is 6.78. The monoisotopic (exact) mass is 256 g/mol. The summed E-state index contributed by atoms with van der Waals surface area (Å²) in [6, 6.07) is 8.54. The molecule has 0 nitrogen and oxygen atoms in total. The van der Waals surface area contributed by atoms with E-state index in [-0.39, 0.29) is 0 Å². The Kier molecular flexibility index (Phi) is 4.04. The molecule has 1 atom stereocenters. The van der Waals surface area contributed by atoms with Gasteiger partial charge in [0.2, 0.25) is 0 Å². The Labute approximate surface area is 115 Å². The molecule has 1 aliphatic carbocycles. The van der Waals surface area contributed by atoms with Gasteiger partial charge in [-0.2, -0.15) is 0 Å². The summed E-state index contributed by atoms with van der Waals surface area (Å²) in [6.45, 7) is 5.63. The van der Waals surface area contributed by atoms with Gasteiger partial charge >= 0.3 is 0 Å². The number of rotatable bonds is 3.